The Kier molecular flexibility index (Phi) is 4.80. The molecule has 0 aromatic heterocycles. The van der Waals surface area contributed by atoms with Crippen molar-refractivity contribution >= 4 is 29.1 Å². The molecular weight excluding hydrogens is 264 g/mol. The molecule has 1 aliphatic rings. The lowest BCUT2D eigenvalue weighted by atomic mass is 10.2. The highest BCUT2D eigenvalue weighted by Crippen LogP contribution is 2.14. The Bertz CT molecular complexity index is 453. The highest BCUT2D eigenvalue weighted by Gasteiger charge is 2.18. The zero-order chi connectivity index (χ0) is 13.7. The molecule has 0 aliphatic carbocycles. The maximum absolute atomic E-state index is 11.8. The first-order valence-electron chi connectivity index (χ1n) is 6.48. The Balaban J connectivity index is 1.75. The number of benzene rings is 1. The highest BCUT2D eigenvalue weighted by molar-refractivity contribution is 6.30. The number of carbonyl (C=O) groups is 2. The summed E-state index contributed by atoms with van der Waals surface area (Å²) in [6, 6.07) is 6.91. The summed E-state index contributed by atoms with van der Waals surface area (Å²) >= 11 is 5.76. The number of hydrogen-bond donors (Lipinski definition) is 1. The maximum Gasteiger partial charge on any atom is 0.224 e. The van der Waals surface area contributed by atoms with Gasteiger partial charge in [-0.1, -0.05) is 11.6 Å². The van der Waals surface area contributed by atoms with Crippen LogP contribution in [-0.2, 0) is 9.59 Å². The third-order valence-corrected chi connectivity index (χ3v) is 3.40. The van der Waals surface area contributed by atoms with E-state index >= 15 is 0 Å². The predicted molar refractivity (Wildman–Crippen MR) is 75.1 cm³/mol. The molecule has 2 rings (SSSR count). The molecule has 1 heterocycles. The normalized spacial score (nSPS) is 14.5. The summed E-state index contributed by atoms with van der Waals surface area (Å²) in [5.74, 6) is -0.0707. The standard InChI is InChI=1S/C14H17ClN2O2/c15-11-3-5-12(6-4-11)16-13(18)7-8-14(19)17-9-1-2-10-17/h3-6H,1-2,7-10H2,(H,16,18). The quantitative estimate of drug-likeness (QED) is 0.922. The van der Waals surface area contributed by atoms with Gasteiger partial charge in [0.1, 0.15) is 0 Å². The molecule has 0 bridgehead atoms. The number of hydrogen-bond acceptors (Lipinski definition) is 2. The van der Waals surface area contributed by atoms with Gasteiger partial charge in [-0.25, -0.2) is 0 Å². The predicted octanol–water partition coefficient (Wildman–Crippen LogP) is 2.68. The Morgan fingerprint density at radius 3 is 2.37 bits per heavy atom. The van der Waals surface area contributed by atoms with Gasteiger partial charge in [0.2, 0.25) is 11.8 Å². The van der Waals surface area contributed by atoms with Crippen LogP contribution >= 0.6 is 11.6 Å². The second-order valence-corrected chi connectivity index (χ2v) is 5.08. The third-order valence-electron chi connectivity index (χ3n) is 3.15. The average molecular weight is 281 g/mol. The molecule has 0 unspecified atom stereocenters. The number of carbonyl (C=O) groups excluding carboxylic acids is 2. The van der Waals surface area contributed by atoms with Crippen molar-refractivity contribution in [3.63, 3.8) is 0 Å². The largest absolute Gasteiger partial charge is 0.343 e. The van der Waals surface area contributed by atoms with Crippen LogP contribution in [0.1, 0.15) is 25.7 Å². The average Bonchev–Trinajstić information content (AvgIpc) is 2.93. The minimum Gasteiger partial charge on any atom is -0.343 e. The molecule has 2 amide bonds. The molecule has 1 aromatic rings. The van der Waals surface area contributed by atoms with Gasteiger partial charge in [0.15, 0.2) is 0 Å². The van der Waals surface area contributed by atoms with Crippen LogP contribution in [0.15, 0.2) is 24.3 Å². The molecule has 0 saturated carbocycles. The van der Waals surface area contributed by atoms with E-state index in [9.17, 15) is 9.59 Å². The van der Waals surface area contributed by atoms with Gasteiger partial charge in [-0.3, -0.25) is 9.59 Å². The summed E-state index contributed by atoms with van der Waals surface area (Å²) < 4.78 is 0. The first kappa shape index (κ1) is 13.9. The number of halogens is 1. The van der Waals surface area contributed by atoms with Crippen molar-refractivity contribution in [2.24, 2.45) is 0 Å². The van der Waals surface area contributed by atoms with Crippen molar-refractivity contribution in [3.05, 3.63) is 29.3 Å². The summed E-state index contributed by atoms with van der Waals surface area (Å²) in [7, 11) is 0. The lowest BCUT2D eigenvalue weighted by Crippen LogP contribution is -2.28. The molecule has 1 aliphatic heterocycles. The van der Waals surface area contributed by atoms with Crippen LogP contribution in [0.5, 0.6) is 0 Å². The van der Waals surface area contributed by atoms with E-state index in [4.69, 9.17) is 11.6 Å². The molecule has 1 N–H and O–H groups in total. The van der Waals surface area contributed by atoms with Crippen LogP contribution in [0.4, 0.5) is 5.69 Å². The van der Waals surface area contributed by atoms with Crippen molar-refractivity contribution in [2.75, 3.05) is 18.4 Å². The third kappa shape index (κ3) is 4.24. The summed E-state index contributed by atoms with van der Waals surface area (Å²) in [4.78, 5) is 25.3. The van der Waals surface area contributed by atoms with E-state index in [2.05, 4.69) is 5.32 Å². The van der Waals surface area contributed by atoms with Crippen molar-refractivity contribution < 1.29 is 9.59 Å². The van der Waals surface area contributed by atoms with Gasteiger partial charge in [0.25, 0.3) is 0 Å². The first-order chi connectivity index (χ1) is 9.15. The monoisotopic (exact) mass is 280 g/mol. The van der Waals surface area contributed by atoms with Gasteiger partial charge in [-0.2, -0.15) is 0 Å². The van der Waals surface area contributed by atoms with Crippen molar-refractivity contribution in [1.82, 2.24) is 4.90 Å². The van der Waals surface area contributed by atoms with E-state index < -0.39 is 0 Å². The number of nitrogens with one attached hydrogen (secondary N) is 1. The van der Waals surface area contributed by atoms with Crippen LogP contribution in [-0.4, -0.2) is 29.8 Å². The summed E-state index contributed by atoms with van der Waals surface area (Å²) in [5, 5.41) is 3.37. The molecule has 1 fully saturated rings. The van der Waals surface area contributed by atoms with Crippen molar-refractivity contribution in [1.29, 1.82) is 0 Å². The molecule has 1 aromatic carbocycles. The van der Waals surface area contributed by atoms with Gasteiger partial charge in [0.05, 0.1) is 0 Å². The van der Waals surface area contributed by atoms with Crippen molar-refractivity contribution in [3.8, 4) is 0 Å². The fraction of sp³-hybridized carbons (Fsp3) is 0.429. The molecular formula is C14H17ClN2O2. The van der Waals surface area contributed by atoms with E-state index in [1.165, 1.54) is 0 Å². The van der Waals surface area contributed by atoms with E-state index in [-0.39, 0.29) is 24.7 Å². The Morgan fingerprint density at radius 2 is 1.74 bits per heavy atom. The minimum absolute atomic E-state index is 0.0729. The molecule has 4 nitrogen and oxygen atoms in total. The zero-order valence-electron chi connectivity index (χ0n) is 10.7. The molecule has 0 spiro atoms. The lowest BCUT2D eigenvalue weighted by molar-refractivity contribution is -0.131. The number of nitrogens with zero attached hydrogens (tertiary/aromatic N) is 1. The van der Waals surface area contributed by atoms with E-state index in [0.717, 1.165) is 25.9 Å². The number of rotatable bonds is 4. The molecule has 19 heavy (non-hydrogen) atoms. The van der Waals surface area contributed by atoms with Gasteiger partial charge >= 0.3 is 0 Å². The van der Waals surface area contributed by atoms with Crippen LogP contribution in [0.25, 0.3) is 0 Å². The second-order valence-electron chi connectivity index (χ2n) is 4.64. The molecule has 5 heteroatoms. The summed E-state index contributed by atoms with van der Waals surface area (Å²) in [5.41, 5.74) is 0.697. The van der Waals surface area contributed by atoms with E-state index in [0.29, 0.717) is 10.7 Å². The fourth-order valence-electron chi connectivity index (χ4n) is 2.10. The topological polar surface area (TPSA) is 49.4 Å². The molecule has 0 radical (unpaired) electrons. The summed E-state index contributed by atoms with van der Waals surface area (Å²) in [6.45, 7) is 1.66. The molecule has 0 atom stereocenters. The van der Waals surface area contributed by atoms with Gasteiger partial charge in [-0.15, -0.1) is 0 Å². The SMILES string of the molecule is O=C(CCC(=O)N1CCCC1)Nc1ccc(Cl)cc1. The van der Waals surface area contributed by atoms with Gasteiger partial charge < -0.3 is 10.2 Å². The minimum atomic E-state index is -0.144. The van der Waals surface area contributed by atoms with E-state index in [1.807, 2.05) is 4.90 Å². The smallest absolute Gasteiger partial charge is 0.224 e. The maximum atomic E-state index is 11.8. The van der Waals surface area contributed by atoms with Crippen molar-refractivity contribution in [2.45, 2.75) is 25.7 Å². The lowest BCUT2D eigenvalue weighted by Gasteiger charge is -2.14. The number of likely N-dealkylation sites (tertiary alicyclic amines) is 1. The van der Waals surface area contributed by atoms with Gasteiger partial charge in [-0.05, 0) is 37.1 Å². The van der Waals surface area contributed by atoms with Crippen LogP contribution in [0.2, 0.25) is 5.02 Å². The van der Waals surface area contributed by atoms with Crippen LogP contribution in [0.3, 0.4) is 0 Å². The fourth-order valence-corrected chi connectivity index (χ4v) is 2.23. The first-order valence-corrected chi connectivity index (χ1v) is 6.86. The zero-order valence-corrected chi connectivity index (χ0v) is 11.4. The number of anilines is 1. The van der Waals surface area contributed by atoms with Crippen LogP contribution in [0, 0.1) is 0 Å². The van der Waals surface area contributed by atoms with Crippen LogP contribution < -0.4 is 5.32 Å². The second kappa shape index (κ2) is 6.57. The Morgan fingerprint density at radius 1 is 1.11 bits per heavy atom. The van der Waals surface area contributed by atoms with E-state index in [1.54, 1.807) is 24.3 Å². The van der Waals surface area contributed by atoms with Gasteiger partial charge in [0, 0.05) is 36.6 Å². The summed E-state index contributed by atoms with van der Waals surface area (Å²) in [6.07, 6.45) is 2.64. The molecule has 1 saturated heterocycles. The highest BCUT2D eigenvalue weighted by atomic mass is 35.5. The number of amides is 2. The Hall–Kier alpha value is -1.55. The Labute approximate surface area is 117 Å². The molecule has 102 valence electrons.